The van der Waals surface area contributed by atoms with Gasteiger partial charge in [-0.3, -0.25) is 0 Å². The number of nitrogens with zero attached hydrogens (tertiary/aromatic N) is 2. The zero-order valence-corrected chi connectivity index (χ0v) is 12.0. The molecule has 0 N–H and O–H groups in total. The number of hydrogen-bond donors (Lipinski definition) is 0. The fraction of sp³-hybridized carbons (Fsp3) is 0.462. The van der Waals surface area contributed by atoms with Crippen molar-refractivity contribution in [1.82, 2.24) is 0 Å². The molecule has 17 heavy (non-hydrogen) atoms. The Labute approximate surface area is 111 Å². The molecule has 1 aromatic rings. The minimum absolute atomic E-state index is 0.300. The molecule has 1 aromatic carbocycles. The first-order valence-corrected chi connectivity index (χ1v) is 6.38. The number of anilines is 1. The molecule has 0 saturated heterocycles. The van der Waals surface area contributed by atoms with E-state index in [1.807, 2.05) is 18.2 Å². The van der Waals surface area contributed by atoms with Gasteiger partial charge in [-0.15, -0.1) is 0 Å². The van der Waals surface area contributed by atoms with Crippen molar-refractivity contribution >= 4 is 21.6 Å². The maximum Gasteiger partial charge on any atom is 0.0992 e. The first-order valence-electron chi connectivity index (χ1n) is 5.59. The number of benzene rings is 1. The van der Waals surface area contributed by atoms with Crippen LogP contribution in [0.2, 0.25) is 0 Å². The average molecular weight is 297 g/mol. The second-order valence-corrected chi connectivity index (χ2v) is 4.72. The van der Waals surface area contributed by atoms with Gasteiger partial charge in [0.15, 0.2) is 0 Å². The maximum absolute atomic E-state index is 8.84. The van der Waals surface area contributed by atoms with Crippen LogP contribution in [0.25, 0.3) is 0 Å². The molecule has 0 heterocycles. The molecule has 0 spiro atoms. The van der Waals surface area contributed by atoms with E-state index in [1.165, 1.54) is 0 Å². The molecule has 1 atom stereocenters. The lowest BCUT2D eigenvalue weighted by Gasteiger charge is -2.30. The molecule has 0 aliphatic rings. The number of ether oxygens (including phenoxy) is 1. The van der Waals surface area contributed by atoms with E-state index in [0.29, 0.717) is 18.2 Å². The molecular formula is C13H17BrN2O. The highest BCUT2D eigenvalue weighted by Crippen LogP contribution is 2.28. The Morgan fingerprint density at radius 2 is 2.24 bits per heavy atom. The quantitative estimate of drug-likeness (QED) is 0.837. The van der Waals surface area contributed by atoms with E-state index in [4.69, 9.17) is 10.00 Å². The van der Waals surface area contributed by atoms with E-state index >= 15 is 0 Å². The second-order valence-electron chi connectivity index (χ2n) is 3.87. The zero-order valence-electron chi connectivity index (χ0n) is 10.4. The molecule has 4 heteroatoms. The lowest BCUT2D eigenvalue weighted by atomic mass is 10.2. The lowest BCUT2D eigenvalue weighted by molar-refractivity contribution is 0.182. The topological polar surface area (TPSA) is 36.3 Å². The van der Waals surface area contributed by atoms with E-state index in [2.05, 4.69) is 40.7 Å². The van der Waals surface area contributed by atoms with Gasteiger partial charge in [0.05, 0.1) is 23.9 Å². The van der Waals surface area contributed by atoms with Crippen molar-refractivity contribution in [2.24, 2.45) is 0 Å². The highest BCUT2D eigenvalue weighted by Gasteiger charge is 2.15. The van der Waals surface area contributed by atoms with Crippen LogP contribution < -0.4 is 4.90 Å². The summed E-state index contributed by atoms with van der Waals surface area (Å²) in [6, 6.07) is 8.08. The Bertz CT molecular complexity index is 414. The Kier molecular flexibility index (Phi) is 5.46. The largest absolute Gasteiger partial charge is 0.383 e. The fourth-order valence-electron chi connectivity index (χ4n) is 1.86. The second kappa shape index (κ2) is 6.63. The minimum atomic E-state index is 0.300. The predicted molar refractivity (Wildman–Crippen MR) is 73.2 cm³/mol. The number of hydrogen-bond acceptors (Lipinski definition) is 3. The van der Waals surface area contributed by atoms with Crippen LogP contribution in [0.5, 0.6) is 0 Å². The third kappa shape index (κ3) is 3.45. The average Bonchev–Trinajstić information content (AvgIpc) is 2.32. The molecule has 0 amide bonds. The van der Waals surface area contributed by atoms with Crippen LogP contribution in [0.1, 0.15) is 19.4 Å². The smallest absolute Gasteiger partial charge is 0.0992 e. The molecule has 0 aliphatic heterocycles. The summed E-state index contributed by atoms with van der Waals surface area (Å²) in [5, 5.41) is 8.84. The number of rotatable bonds is 5. The summed E-state index contributed by atoms with van der Waals surface area (Å²) >= 11 is 3.52. The number of methoxy groups -OCH3 is 1. The summed E-state index contributed by atoms with van der Waals surface area (Å²) in [5.41, 5.74) is 1.76. The summed E-state index contributed by atoms with van der Waals surface area (Å²) in [5.74, 6) is 0. The number of nitriles is 1. The zero-order chi connectivity index (χ0) is 12.8. The van der Waals surface area contributed by atoms with Gasteiger partial charge in [0, 0.05) is 24.2 Å². The van der Waals surface area contributed by atoms with Crippen LogP contribution in [-0.4, -0.2) is 26.3 Å². The summed E-state index contributed by atoms with van der Waals surface area (Å²) in [7, 11) is 1.71. The summed E-state index contributed by atoms with van der Waals surface area (Å²) < 4.78 is 6.13. The predicted octanol–water partition coefficient (Wildman–Crippen LogP) is 3.18. The Morgan fingerprint density at radius 3 is 2.71 bits per heavy atom. The molecule has 0 radical (unpaired) electrons. The van der Waals surface area contributed by atoms with E-state index in [9.17, 15) is 0 Å². The molecule has 0 aliphatic carbocycles. The number of halogens is 1. The Morgan fingerprint density at radius 1 is 1.53 bits per heavy atom. The first kappa shape index (κ1) is 14.0. The minimum Gasteiger partial charge on any atom is -0.383 e. The van der Waals surface area contributed by atoms with Crippen LogP contribution in [0.4, 0.5) is 5.69 Å². The summed E-state index contributed by atoms with van der Waals surface area (Å²) in [6.45, 7) is 5.81. The number of likely N-dealkylation sites (N-methyl/N-ethyl adjacent to an activating group) is 1. The van der Waals surface area contributed by atoms with E-state index < -0.39 is 0 Å². The van der Waals surface area contributed by atoms with Gasteiger partial charge in [0.25, 0.3) is 0 Å². The molecule has 0 fully saturated rings. The van der Waals surface area contributed by atoms with Crippen LogP contribution in [-0.2, 0) is 4.74 Å². The third-order valence-corrected chi connectivity index (χ3v) is 3.30. The lowest BCUT2D eigenvalue weighted by Crippen LogP contribution is -2.36. The molecule has 1 unspecified atom stereocenters. The summed E-state index contributed by atoms with van der Waals surface area (Å²) in [6.07, 6.45) is 0. The van der Waals surface area contributed by atoms with Crippen molar-refractivity contribution < 1.29 is 4.74 Å². The highest BCUT2D eigenvalue weighted by atomic mass is 79.9. The normalized spacial score (nSPS) is 11.9. The SMILES string of the molecule is CCN(c1ccc(C#N)cc1Br)C(C)COC. The monoisotopic (exact) mass is 296 g/mol. The fourth-order valence-corrected chi connectivity index (χ4v) is 2.47. The van der Waals surface area contributed by atoms with Crippen molar-refractivity contribution in [3.63, 3.8) is 0 Å². The molecule has 0 bridgehead atoms. The highest BCUT2D eigenvalue weighted by molar-refractivity contribution is 9.10. The summed E-state index contributed by atoms with van der Waals surface area (Å²) in [4.78, 5) is 2.24. The van der Waals surface area contributed by atoms with Gasteiger partial charge in [-0.25, -0.2) is 0 Å². The molecule has 0 aromatic heterocycles. The molecular weight excluding hydrogens is 280 g/mol. The van der Waals surface area contributed by atoms with Gasteiger partial charge >= 0.3 is 0 Å². The van der Waals surface area contributed by atoms with Gasteiger partial charge in [0.2, 0.25) is 0 Å². The van der Waals surface area contributed by atoms with Crippen LogP contribution >= 0.6 is 15.9 Å². The maximum atomic E-state index is 8.84. The van der Waals surface area contributed by atoms with Crippen molar-refractivity contribution in [2.45, 2.75) is 19.9 Å². The van der Waals surface area contributed by atoms with Crippen molar-refractivity contribution in [3.8, 4) is 6.07 Å². The van der Waals surface area contributed by atoms with Gasteiger partial charge < -0.3 is 9.64 Å². The van der Waals surface area contributed by atoms with E-state index in [-0.39, 0.29) is 0 Å². The first-order chi connectivity index (χ1) is 8.13. The van der Waals surface area contributed by atoms with Crippen LogP contribution in [0.3, 0.4) is 0 Å². The third-order valence-electron chi connectivity index (χ3n) is 2.67. The Balaban J connectivity index is 3.00. The van der Waals surface area contributed by atoms with Gasteiger partial charge in [-0.2, -0.15) is 5.26 Å². The van der Waals surface area contributed by atoms with Gasteiger partial charge in [-0.1, -0.05) is 0 Å². The van der Waals surface area contributed by atoms with Crippen molar-refractivity contribution in [2.75, 3.05) is 25.2 Å². The molecule has 92 valence electrons. The van der Waals surface area contributed by atoms with E-state index in [0.717, 1.165) is 16.7 Å². The van der Waals surface area contributed by atoms with Crippen LogP contribution in [0, 0.1) is 11.3 Å². The van der Waals surface area contributed by atoms with Crippen LogP contribution in [0.15, 0.2) is 22.7 Å². The van der Waals surface area contributed by atoms with E-state index in [1.54, 1.807) is 7.11 Å². The van der Waals surface area contributed by atoms with Crippen molar-refractivity contribution in [1.29, 1.82) is 5.26 Å². The van der Waals surface area contributed by atoms with Crippen molar-refractivity contribution in [3.05, 3.63) is 28.2 Å². The molecule has 3 nitrogen and oxygen atoms in total. The van der Waals surface area contributed by atoms with Gasteiger partial charge in [-0.05, 0) is 48.0 Å². The molecule has 1 rings (SSSR count). The standard InChI is InChI=1S/C13H17BrN2O/c1-4-16(10(2)9-17-3)13-6-5-11(8-15)7-12(13)14/h5-7,10H,4,9H2,1-3H3. The molecule has 0 saturated carbocycles. The Hall–Kier alpha value is -1.05. The van der Waals surface area contributed by atoms with Gasteiger partial charge in [0.1, 0.15) is 0 Å².